The van der Waals surface area contributed by atoms with Crippen LogP contribution in [0, 0.1) is 11.8 Å². The van der Waals surface area contributed by atoms with Crippen LogP contribution in [0.5, 0.6) is 0 Å². The van der Waals surface area contributed by atoms with Gasteiger partial charge in [-0.3, -0.25) is 4.79 Å². The summed E-state index contributed by atoms with van der Waals surface area (Å²) in [5, 5.41) is 11.9. The van der Waals surface area contributed by atoms with E-state index in [1.807, 2.05) is 0 Å². The monoisotopic (exact) mass is 281 g/mol. The summed E-state index contributed by atoms with van der Waals surface area (Å²) in [4.78, 5) is 23.1. The van der Waals surface area contributed by atoms with E-state index in [0.717, 1.165) is 19.3 Å². The van der Waals surface area contributed by atoms with Gasteiger partial charge in [0.1, 0.15) is 0 Å². The summed E-state index contributed by atoms with van der Waals surface area (Å²) in [6, 6.07) is 4.49. The molecular formula is C14H16ClNO3. The van der Waals surface area contributed by atoms with Crippen molar-refractivity contribution in [2.45, 2.75) is 26.2 Å². The number of carboxylic acids is 1. The summed E-state index contributed by atoms with van der Waals surface area (Å²) < 4.78 is 0. The molecule has 1 fully saturated rings. The molecule has 0 radical (unpaired) electrons. The highest BCUT2D eigenvalue weighted by Crippen LogP contribution is 2.32. The first-order chi connectivity index (χ1) is 8.99. The third-order valence-electron chi connectivity index (χ3n) is 3.66. The number of aromatic carboxylic acids is 1. The summed E-state index contributed by atoms with van der Waals surface area (Å²) >= 11 is 5.78. The molecule has 4 nitrogen and oxygen atoms in total. The first kappa shape index (κ1) is 13.9. The quantitative estimate of drug-likeness (QED) is 0.892. The van der Waals surface area contributed by atoms with E-state index in [-0.39, 0.29) is 22.4 Å². The van der Waals surface area contributed by atoms with Crippen molar-refractivity contribution in [1.82, 2.24) is 0 Å². The van der Waals surface area contributed by atoms with E-state index in [0.29, 0.717) is 11.6 Å². The van der Waals surface area contributed by atoms with Crippen molar-refractivity contribution >= 4 is 29.2 Å². The Morgan fingerprint density at radius 3 is 2.68 bits per heavy atom. The van der Waals surface area contributed by atoms with E-state index in [2.05, 4.69) is 12.2 Å². The first-order valence-electron chi connectivity index (χ1n) is 6.32. The second-order valence-corrected chi connectivity index (χ2v) is 5.41. The minimum Gasteiger partial charge on any atom is -0.478 e. The highest BCUT2D eigenvalue weighted by Gasteiger charge is 2.29. The highest BCUT2D eigenvalue weighted by atomic mass is 35.5. The fraction of sp³-hybridized carbons (Fsp3) is 0.429. The highest BCUT2D eigenvalue weighted by molar-refractivity contribution is 6.33. The number of hydrogen-bond donors (Lipinski definition) is 2. The molecule has 0 aliphatic heterocycles. The molecule has 1 aromatic rings. The molecular weight excluding hydrogens is 266 g/mol. The van der Waals surface area contributed by atoms with Gasteiger partial charge in [0.2, 0.25) is 5.91 Å². The second-order valence-electron chi connectivity index (χ2n) is 5.00. The predicted molar refractivity (Wildman–Crippen MR) is 73.5 cm³/mol. The van der Waals surface area contributed by atoms with Crippen LogP contribution in [0.25, 0.3) is 0 Å². The van der Waals surface area contributed by atoms with Crippen molar-refractivity contribution in [2.24, 2.45) is 11.8 Å². The molecule has 2 atom stereocenters. The summed E-state index contributed by atoms with van der Waals surface area (Å²) in [6.07, 6.45) is 3.03. The molecule has 2 N–H and O–H groups in total. The number of hydrogen-bond acceptors (Lipinski definition) is 2. The lowest BCUT2D eigenvalue weighted by Crippen LogP contribution is -2.24. The average molecular weight is 282 g/mol. The van der Waals surface area contributed by atoms with Gasteiger partial charge in [-0.05, 0) is 37.0 Å². The number of halogens is 1. The number of carbonyl (C=O) groups excluding carboxylic acids is 1. The fourth-order valence-corrected chi connectivity index (χ4v) is 2.74. The van der Waals surface area contributed by atoms with Crippen LogP contribution in [0.1, 0.15) is 36.5 Å². The van der Waals surface area contributed by atoms with Gasteiger partial charge in [-0.2, -0.15) is 0 Å². The number of rotatable bonds is 3. The molecule has 5 heteroatoms. The van der Waals surface area contributed by atoms with Crippen LogP contribution < -0.4 is 5.32 Å². The van der Waals surface area contributed by atoms with Gasteiger partial charge in [0, 0.05) is 11.6 Å². The molecule has 19 heavy (non-hydrogen) atoms. The van der Waals surface area contributed by atoms with E-state index in [1.165, 1.54) is 12.1 Å². The average Bonchev–Trinajstić information content (AvgIpc) is 2.77. The molecule has 102 valence electrons. The molecule has 0 bridgehead atoms. The number of benzene rings is 1. The molecule has 0 saturated heterocycles. The standard InChI is InChI=1S/C14H16ClNO3/c1-8-3-2-4-10(8)13(17)16-9-5-6-12(15)11(7-9)14(18)19/h5-8,10H,2-4H2,1H3,(H,16,17)(H,18,19). The van der Waals surface area contributed by atoms with E-state index >= 15 is 0 Å². The van der Waals surface area contributed by atoms with E-state index in [9.17, 15) is 9.59 Å². The number of amides is 1. The largest absolute Gasteiger partial charge is 0.478 e. The maximum absolute atomic E-state index is 12.1. The Labute approximate surface area is 116 Å². The summed E-state index contributed by atoms with van der Waals surface area (Å²) in [6.45, 7) is 2.07. The summed E-state index contributed by atoms with van der Waals surface area (Å²) in [5.74, 6) is -0.741. The fourth-order valence-electron chi connectivity index (χ4n) is 2.54. The van der Waals surface area contributed by atoms with Gasteiger partial charge in [0.15, 0.2) is 0 Å². The molecule has 1 aromatic carbocycles. The zero-order chi connectivity index (χ0) is 14.0. The van der Waals surface area contributed by atoms with Crippen LogP contribution in [0.4, 0.5) is 5.69 Å². The Balaban J connectivity index is 2.13. The van der Waals surface area contributed by atoms with Crippen LogP contribution in [0.3, 0.4) is 0 Å². The number of nitrogens with one attached hydrogen (secondary N) is 1. The maximum Gasteiger partial charge on any atom is 0.337 e. The van der Waals surface area contributed by atoms with Crippen LogP contribution in [0.2, 0.25) is 5.02 Å². The van der Waals surface area contributed by atoms with E-state index in [4.69, 9.17) is 16.7 Å². The van der Waals surface area contributed by atoms with Crippen LogP contribution in [0.15, 0.2) is 18.2 Å². The van der Waals surface area contributed by atoms with Crippen LogP contribution in [-0.4, -0.2) is 17.0 Å². The Morgan fingerprint density at radius 1 is 1.37 bits per heavy atom. The van der Waals surface area contributed by atoms with E-state index in [1.54, 1.807) is 6.07 Å². The smallest absolute Gasteiger partial charge is 0.337 e. The predicted octanol–water partition coefficient (Wildman–Crippen LogP) is 3.41. The van der Waals surface area contributed by atoms with Crippen molar-refractivity contribution in [1.29, 1.82) is 0 Å². The van der Waals surface area contributed by atoms with Crippen molar-refractivity contribution in [3.05, 3.63) is 28.8 Å². The lowest BCUT2D eigenvalue weighted by Gasteiger charge is -2.15. The molecule has 1 aliphatic rings. The van der Waals surface area contributed by atoms with Crippen LogP contribution in [-0.2, 0) is 4.79 Å². The Bertz CT molecular complexity index is 515. The van der Waals surface area contributed by atoms with Crippen molar-refractivity contribution in [3.8, 4) is 0 Å². The number of anilines is 1. The SMILES string of the molecule is CC1CCCC1C(=O)Nc1ccc(Cl)c(C(=O)O)c1. The topological polar surface area (TPSA) is 66.4 Å². The zero-order valence-corrected chi connectivity index (χ0v) is 11.4. The third-order valence-corrected chi connectivity index (χ3v) is 3.99. The molecule has 1 saturated carbocycles. The lowest BCUT2D eigenvalue weighted by molar-refractivity contribution is -0.120. The molecule has 1 aliphatic carbocycles. The minimum absolute atomic E-state index is 0.000984. The first-order valence-corrected chi connectivity index (χ1v) is 6.70. The van der Waals surface area contributed by atoms with Crippen molar-refractivity contribution in [2.75, 3.05) is 5.32 Å². The van der Waals surface area contributed by atoms with Gasteiger partial charge in [0.25, 0.3) is 0 Å². The Kier molecular flexibility index (Phi) is 4.10. The Morgan fingerprint density at radius 2 is 2.11 bits per heavy atom. The molecule has 2 rings (SSSR count). The van der Waals surface area contributed by atoms with Gasteiger partial charge >= 0.3 is 5.97 Å². The third kappa shape index (κ3) is 3.07. The molecule has 1 amide bonds. The van der Waals surface area contributed by atoms with Crippen molar-refractivity contribution < 1.29 is 14.7 Å². The van der Waals surface area contributed by atoms with Crippen LogP contribution >= 0.6 is 11.6 Å². The zero-order valence-electron chi connectivity index (χ0n) is 10.6. The van der Waals surface area contributed by atoms with Gasteiger partial charge in [0.05, 0.1) is 10.6 Å². The van der Waals surface area contributed by atoms with Crippen molar-refractivity contribution in [3.63, 3.8) is 0 Å². The summed E-state index contributed by atoms with van der Waals surface area (Å²) in [7, 11) is 0. The van der Waals surface area contributed by atoms with Gasteiger partial charge < -0.3 is 10.4 Å². The summed E-state index contributed by atoms with van der Waals surface area (Å²) in [5.41, 5.74) is 0.477. The number of carboxylic acid groups (broad SMARTS) is 1. The minimum atomic E-state index is -1.10. The molecule has 0 spiro atoms. The molecule has 0 aromatic heterocycles. The second kappa shape index (κ2) is 5.61. The maximum atomic E-state index is 12.1. The van der Waals surface area contributed by atoms with Gasteiger partial charge in [-0.15, -0.1) is 0 Å². The molecule has 2 unspecified atom stereocenters. The molecule has 0 heterocycles. The van der Waals surface area contributed by atoms with E-state index < -0.39 is 5.97 Å². The number of carbonyl (C=O) groups is 2. The normalized spacial score (nSPS) is 22.2. The van der Waals surface area contributed by atoms with Gasteiger partial charge in [-0.25, -0.2) is 4.79 Å². The van der Waals surface area contributed by atoms with Gasteiger partial charge in [-0.1, -0.05) is 24.9 Å². The lowest BCUT2D eigenvalue weighted by atomic mass is 9.97. The Hall–Kier alpha value is -1.55.